The maximum absolute atomic E-state index is 5.64. The summed E-state index contributed by atoms with van der Waals surface area (Å²) >= 11 is 2.02. The molecule has 2 heterocycles. The SMILES string of the molecule is CC(N)c1nnc(NCCN2CCSCC2)o1. The summed E-state index contributed by atoms with van der Waals surface area (Å²) in [6.07, 6.45) is 0. The Labute approximate surface area is 105 Å². The highest BCUT2D eigenvalue weighted by Crippen LogP contribution is 2.11. The van der Waals surface area contributed by atoms with Gasteiger partial charge in [0, 0.05) is 37.7 Å². The minimum atomic E-state index is -0.211. The first-order valence-corrected chi connectivity index (χ1v) is 7.04. The molecule has 1 unspecified atom stereocenters. The number of anilines is 1. The second-order valence-corrected chi connectivity index (χ2v) is 5.34. The van der Waals surface area contributed by atoms with E-state index in [1.54, 1.807) is 0 Å². The van der Waals surface area contributed by atoms with Crippen molar-refractivity contribution in [1.82, 2.24) is 15.1 Å². The van der Waals surface area contributed by atoms with Gasteiger partial charge < -0.3 is 15.5 Å². The molecule has 1 aliphatic heterocycles. The van der Waals surface area contributed by atoms with Gasteiger partial charge in [-0.3, -0.25) is 4.90 Å². The fourth-order valence-corrected chi connectivity index (χ4v) is 2.61. The number of nitrogens with zero attached hydrogens (tertiary/aromatic N) is 3. The van der Waals surface area contributed by atoms with Crippen LogP contribution in [0.1, 0.15) is 18.9 Å². The third-order valence-electron chi connectivity index (χ3n) is 2.64. The molecular weight excluding hydrogens is 238 g/mol. The van der Waals surface area contributed by atoms with Crippen LogP contribution in [0.15, 0.2) is 4.42 Å². The van der Waals surface area contributed by atoms with Gasteiger partial charge in [-0.2, -0.15) is 11.8 Å². The predicted molar refractivity (Wildman–Crippen MR) is 69.2 cm³/mol. The largest absolute Gasteiger partial charge is 0.406 e. The van der Waals surface area contributed by atoms with Crippen molar-refractivity contribution in [3.05, 3.63) is 5.89 Å². The summed E-state index contributed by atoms with van der Waals surface area (Å²) in [7, 11) is 0. The molecule has 0 amide bonds. The lowest BCUT2D eigenvalue weighted by Crippen LogP contribution is -2.36. The Morgan fingerprint density at radius 1 is 1.47 bits per heavy atom. The highest BCUT2D eigenvalue weighted by Gasteiger charge is 2.11. The maximum Gasteiger partial charge on any atom is 0.315 e. The summed E-state index contributed by atoms with van der Waals surface area (Å²) < 4.78 is 5.35. The fraction of sp³-hybridized carbons (Fsp3) is 0.800. The van der Waals surface area contributed by atoms with E-state index >= 15 is 0 Å². The molecule has 1 aliphatic rings. The Hall–Kier alpha value is -0.790. The molecule has 0 aromatic carbocycles. The van der Waals surface area contributed by atoms with Crippen LogP contribution in [0, 0.1) is 0 Å². The zero-order valence-electron chi connectivity index (χ0n) is 10.1. The van der Waals surface area contributed by atoms with Crippen molar-refractivity contribution in [2.45, 2.75) is 13.0 Å². The fourth-order valence-electron chi connectivity index (χ4n) is 1.64. The van der Waals surface area contributed by atoms with Crippen LogP contribution in [-0.2, 0) is 0 Å². The van der Waals surface area contributed by atoms with Crippen molar-refractivity contribution in [3.63, 3.8) is 0 Å². The van der Waals surface area contributed by atoms with Gasteiger partial charge in [0.2, 0.25) is 5.89 Å². The smallest absolute Gasteiger partial charge is 0.315 e. The first-order valence-electron chi connectivity index (χ1n) is 5.88. The average molecular weight is 257 g/mol. The number of hydrogen-bond donors (Lipinski definition) is 2. The molecule has 3 N–H and O–H groups in total. The van der Waals surface area contributed by atoms with E-state index in [-0.39, 0.29) is 6.04 Å². The topological polar surface area (TPSA) is 80.2 Å². The van der Waals surface area contributed by atoms with Gasteiger partial charge in [0.1, 0.15) is 0 Å². The highest BCUT2D eigenvalue weighted by atomic mass is 32.2. The monoisotopic (exact) mass is 257 g/mol. The number of nitrogens with two attached hydrogens (primary N) is 1. The molecule has 1 fully saturated rings. The summed E-state index contributed by atoms with van der Waals surface area (Å²) in [6.45, 7) is 5.99. The maximum atomic E-state index is 5.64. The summed E-state index contributed by atoms with van der Waals surface area (Å²) in [4.78, 5) is 2.44. The number of hydrogen-bond acceptors (Lipinski definition) is 7. The van der Waals surface area contributed by atoms with Gasteiger partial charge in [0.15, 0.2) is 0 Å². The van der Waals surface area contributed by atoms with Crippen molar-refractivity contribution >= 4 is 17.8 Å². The Balaban J connectivity index is 1.70. The van der Waals surface area contributed by atoms with Crippen LogP contribution in [0.25, 0.3) is 0 Å². The van der Waals surface area contributed by atoms with E-state index in [0.29, 0.717) is 11.9 Å². The lowest BCUT2D eigenvalue weighted by atomic mass is 10.4. The first kappa shape index (κ1) is 12.7. The minimum absolute atomic E-state index is 0.211. The number of nitrogens with one attached hydrogen (secondary N) is 1. The van der Waals surface area contributed by atoms with E-state index in [1.165, 1.54) is 24.6 Å². The van der Waals surface area contributed by atoms with E-state index in [9.17, 15) is 0 Å². The molecule has 7 heteroatoms. The molecule has 1 aromatic rings. The predicted octanol–water partition coefficient (Wildman–Crippen LogP) is 0.550. The molecule has 1 atom stereocenters. The van der Waals surface area contributed by atoms with Crippen LogP contribution in [0.2, 0.25) is 0 Å². The van der Waals surface area contributed by atoms with Crippen LogP contribution in [0.4, 0.5) is 6.01 Å². The Kier molecular flexibility index (Phi) is 4.64. The van der Waals surface area contributed by atoms with Gasteiger partial charge in [-0.15, -0.1) is 5.10 Å². The van der Waals surface area contributed by atoms with Crippen LogP contribution in [0.3, 0.4) is 0 Å². The van der Waals surface area contributed by atoms with E-state index in [2.05, 4.69) is 20.4 Å². The molecular formula is C10H19N5OS. The third kappa shape index (κ3) is 3.86. The van der Waals surface area contributed by atoms with Gasteiger partial charge in [0.05, 0.1) is 6.04 Å². The molecule has 0 radical (unpaired) electrons. The second-order valence-electron chi connectivity index (χ2n) is 4.11. The quantitative estimate of drug-likeness (QED) is 0.797. The normalized spacial score (nSPS) is 19.2. The Morgan fingerprint density at radius 3 is 2.88 bits per heavy atom. The lowest BCUT2D eigenvalue weighted by molar-refractivity contribution is 0.313. The van der Waals surface area contributed by atoms with Gasteiger partial charge in [-0.05, 0) is 6.92 Å². The van der Waals surface area contributed by atoms with E-state index in [0.717, 1.165) is 13.1 Å². The van der Waals surface area contributed by atoms with Gasteiger partial charge >= 0.3 is 6.01 Å². The average Bonchev–Trinajstić information content (AvgIpc) is 2.79. The molecule has 0 bridgehead atoms. The summed E-state index contributed by atoms with van der Waals surface area (Å²) in [6, 6.07) is 0.251. The van der Waals surface area contributed by atoms with Gasteiger partial charge in [0.25, 0.3) is 0 Å². The van der Waals surface area contributed by atoms with Crippen molar-refractivity contribution in [2.75, 3.05) is 43.0 Å². The molecule has 1 saturated heterocycles. The molecule has 6 nitrogen and oxygen atoms in total. The standard InChI is InChI=1S/C10H19N5OS/c1-8(11)9-13-14-10(16-9)12-2-3-15-4-6-17-7-5-15/h8H,2-7,11H2,1H3,(H,12,14). The first-order chi connectivity index (χ1) is 8.25. The number of aromatic nitrogens is 2. The Morgan fingerprint density at radius 2 is 2.24 bits per heavy atom. The molecule has 1 aromatic heterocycles. The summed E-state index contributed by atoms with van der Waals surface area (Å²) in [5, 5.41) is 10.9. The second kappa shape index (κ2) is 6.23. The van der Waals surface area contributed by atoms with E-state index in [1.807, 2.05) is 18.7 Å². The molecule has 2 rings (SSSR count). The zero-order valence-corrected chi connectivity index (χ0v) is 10.9. The van der Waals surface area contributed by atoms with E-state index in [4.69, 9.17) is 10.2 Å². The van der Waals surface area contributed by atoms with Crippen LogP contribution >= 0.6 is 11.8 Å². The molecule has 0 spiro atoms. The van der Waals surface area contributed by atoms with Crippen LogP contribution in [-0.4, -0.2) is 52.8 Å². The van der Waals surface area contributed by atoms with E-state index < -0.39 is 0 Å². The van der Waals surface area contributed by atoms with Crippen molar-refractivity contribution in [3.8, 4) is 0 Å². The molecule has 96 valence electrons. The minimum Gasteiger partial charge on any atom is -0.406 e. The van der Waals surface area contributed by atoms with Crippen LogP contribution < -0.4 is 11.1 Å². The van der Waals surface area contributed by atoms with Gasteiger partial charge in [-0.25, -0.2) is 0 Å². The third-order valence-corrected chi connectivity index (χ3v) is 3.58. The summed E-state index contributed by atoms with van der Waals surface area (Å²) in [5.41, 5.74) is 5.64. The van der Waals surface area contributed by atoms with Gasteiger partial charge in [-0.1, -0.05) is 5.10 Å². The zero-order chi connectivity index (χ0) is 12.1. The molecule has 0 aliphatic carbocycles. The molecule has 0 saturated carbocycles. The van der Waals surface area contributed by atoms with Crippen LogP contribution in [0.5, 0.6) is 0 Å². The lowest BCUT2D eigenvalue weighted by Gasteiger charge is -2.25. The van der Waals surface area contributed by atoms with Crippen molar-refractivity contribution in [2.24, 2.45) is 5.73 Å². The Bertz CT molecular complexity index is 337. The van der Waals surface area contributed by atoms with Crippen molar-refractivity contribution < 1.29 is 4.42 Å². The summed E-state index contributed by atoms with van der Waals surface area (Å²) in [5.74, 6) is 2.94. The number of thioether (sulfide) groups is 1. The number of rotatable bonds is 5. The molecule has 17 heavy (non-hydrogen) atoms. The highest BCUT2D eigenvalue weighted by molar-refractivity contribution is 7.99. The van der Waals surface area contributed by atoms with Crippen molar-refractivity contribution in [1.29, 1.82) is 0 Å².